The fourth-order valence-electron chi connectivity index (χ4n) is 2.30. The van der Waals surface area contributed by atoms with Crippen LogP contribution in [0.25, 0.3) is 11.0 Å². The lowest BCUT2D eigenvalue weighted by atomic mass is 10.2. The summed E-state index contributed by atoms with van der Waals surface area (Å²) in [4.78, 5) is 19.7. The molecule has 6 nitrogen and oxygen atoms in total. The molecule has 0 spiro atoms. The first kappa shape index (κ1) is 18.1. The Morgan fingerprint density at radius 1 is 1.38 bits per heavy atom. The Hall–Kier alpha value is -2.69. The lowest BCUT2D eigenvalue weighted by Crippen LogP contribution is -2.14. The molecule has 0 saturated heterocycles. The van der Waals surface area contributed by atoms with Crippen molar-refractivity contribution >= 4 is 46.0 Å². The molecule has 0 fully saturated rings. The van der Waals surface area contributed by atoms with Gasteiger partial charge in [0.1, 0.15) is 11.8 Å². The smallest absolute Gasteiger partial charge is 0.234 e. The van der Waals surface area contributed by atoms with Crippen molar-refractivity contribution < 1.29 is 9.53 Å². The van der Waals surface area contributed by atoms with E-state index < -0.39 is 0 Å². The molecular weight excluding hydrogens is 372 g/mol. The van der Waals surface area contributed by atoms with Crippen molar-refractivity contribution in [3.05, 3.63) is 47.0 Å². The summed E-state index contributed by atoms with van der Waals surface area (Å²) in [5.74, 6) is 0.775. The quantitative estimate of drug-likeness (QED) is 0.619. The minimum absolute atomic E-state index is 0.189. The third kappa shape index (κ3) is 4.28. The zero-order valence-corrected chi connectivity index (χ0v) is 15.4. The summed E-state index contributed by atoms with van der Waals surface area (Å²) in [5.41, 5.74) is 2.59. The van der Waals surface area contributed by atoms with Gasteiger partial charge < -0.3 is 15.0 Å². The van der Waals surface area contributed by atoms with E-state index >= 15 is 0 Å². The van der Waals surface area contributed by atoms with Crippen molar-refractivity contribution in [1.29, 1.82) is 5.26 Å². The summed E-state index contributed by atoms with van der Waals surface area (Å²) in [5, 5.41) is 12.6. The van der Waals surface area contributed by atoms with Crippen LogP contribution in [0.4, 0.5) is 5.69 Å². The van der Waals surface area contributed by atoms with Gasteiger partial charge in [-0.15, -0.1) is 0 Å². The van der Waals surface area contributed by atoms with E-state index in [1.807, 2.05) is 31.2 Å². The first-order valence-electron chi connectivity index (χ1n) is 7.84. The van der Waals surface area contributed by atoms with Gasteiger partial charge in [-0.25, -0.2) is 4.98 Å². The number of nitrogens with zero attached hydrogens (tertiary/aromatic N) is 2. The Labute approximate surface area is 159 Å². The highest BCUT2D eigenvalue weighted by Gasteiger charge is 2.09. The van der Waals surface area contributed by atoms with E-state index in [-0.39, 0.29) is 11.7 Å². The van der Waals surface area contributed by atoms with Crippen LogP contribution in [0.15, 0.2) is 41.6 Å². The number of carbonyl (C=O) groups excluding carboxylic acids is 1. The predicted molar refractivity (Wildman–Crippen MR) is 103 cm³/mol. The molecule has 0 saturated carbocycles. The van der Waals surface area contributed by atoms with E-state index in [4.69, 9.17) is 21.6 Å². The molecule has 1 amide bonds. The number of hydrogen-bond acceptors (Lipinski definition) is 5. The third-order valence-electron chi connectivity index (χ3n) is 3.46. The zero-order chi connectivity index (χ0) is 18.5. The highest BCUT2D eigenvalue weighted by Crippen LogP contribution is 2.24. The zero-order valence-electron chi connectivity index (χ0n) is 13.9. The van der Waals surface area contributed by atoms with Gasteiger partial charge in [-0.2, -0.15) is 5.26 Å². The maximum Gasteiger partial charge on any atom is 0.234 e. The van der Waals surface area contributed by atoms with Gasteiger partial charge in [-0.1, -0.05) is 23.4 Å². The number of thioether (sulfide) groups is 1. The molecule has 0 radical (unpaired) electrons. The molecule has 0 aliphatic rings. The highest BCUT2D eigenvalue weighted by atomic mass is 35.5. The van der Waals surface area contributed by atoms with E-state index in [1.54, 1.807) is 18.2 Å². The van der Waals surface area contributed by atoms with Crippen molar-refractivity contribution in [3.8, 4) is 11.8 Å². The third-order valence-corrected chi connectivity index (χ3v) is 4.64. The number of hydrogen-bond donors (Lipinski definition) is 2. The van der Waals surface area contributed by atoms with Gasteiger partial charge in [0.2, 0.25) is 5.91 Å². The molecule has 0 atom stereocenters. The van der Waals surface area contributed by atoms with Crippen LogP contribution < -0.4 is 10.1 Å². The summed E-state index contributed by atoms with van der Waals surface area (Å²) in [6, 6.07) is 12.4. The van der Waals surface area contributed by atoms with Crippen molar-refractivity contribution in [2.75, 3.05) is 17.7 Å². The number of anilines is 1. The fourth-order valence-corrected chi connectivity index (χ4v) is 3.21. The monoisotopic (exact) mass is 386 g/mol. The van der Waals surface area contributed by atoms with Crippen molar-refractivity contribution in [2.24, 2.45) is 0 Å². The van der Waals surface area contributed by atoms with Crippen LogP contribution in [0.2, 0.25) is 5.02 Å². The lowest BCUT2D eigenvalue weighted by molar-refractivity contribution is -0.113. The number of nitrogens with one attached hydrogen (secondary N) is 2. The molecule has 0 unspecified atom stereocenters. The molecular formula is C18H15ClN4O2S. The summed E-state index contributed by atoms with van der Waals surface area (Å²) >= 11 is 7.26. The number of halogens is 1. The summed E-state index contributed by atoms with van der Waals surface area (Å²) < 4.78 is 5.46. The second kappa shape index (κ2) is 8.13. The SMILES string of the molecule is CCOc1ccc2nc(SCC(=O)Nc3ccc(C#N)c(Cl)c3)[nH]c2c1. The first-order chi connectivity index (χ1) is 12.6. The molecule has 132 valence electrons. The predicted octanol–water partition coefficient (Wildman–Crippen LogP) is 4.22. The Morgan fingerprint density at radius 2 is 2.23 bits per heavy atom. The Balaban J connectivity index is 1.61. The van der Waals surface area contributed by atoms with Gasteiger partial charge in [0.15, 0.2) is 5.16 Å². The largest absolute Gasteiger partial charge is 0.494 e. The molecule has 0 bridgehead atoms. The summed E-state index contributed by atoms with van der Waals surface area (Å²) in [6.07, 6.45) is 0. The number of nitriles is 1. The number of aromatic amines is 1. The topological polar surface area (TPSA) is 90.8 Å². The van der Waals surface area contributed by atoms with E-state index in [2.05, 4.69) is 15.3 Å². The molecule has 3 rings (SSSR count). The van der Waals surface area contributed by atoms with Gasteiger partial charge in [0, 0.05) is 11.8 Å². The van der Waals surface area contributed by atoms with E-state index in [9.17, 15) is 4.79 Å². The first-order valence-corrected chi connectivity index (χ1v) is 9.20. The van der Waals surface area contributed by atoms with Crippen molar-refractivity contribution in [3.63, 3.8) is 0 Å². The molecule has 3 aromatic rings. The average Bonchev–Trinajstić information content (AvgIpc) is 3.03. The molecule has 26 heavy (non-hydrogen) atoms. The van der Waals surface area contributed by atoms with Gasteiger partial charge in [-0.05, 0) is 37.3 Å². The van der Waals surface area contributed by atoms with E-state index in [1.165, 1.54) is 11.8 Å². The Morgan fingerprint density at radius 3 is 2.96 bits per heavy atom. The molecule has 1 heterocycles. The van der Waals surface area contributed by atoms with Crippen molar-refractivity contribution in [2.45, 2.75) is 12.1 Å². The lowest BCUT2D eigenvalue weighted by Gasteiger charge is -2.05. The fraction of sp³-hybridized carbons (Fsp3) is 0.167. The van der Waals surface area contributed by atoms with Crippen LogP contribution in [0.3, 0.4) is 0 Å². The minimum atomic E-state index is -0.189. The van der Waals surface area contributed by atoms with Crippen LogP contribution in [-0.2, 0) is 4.79 Å². The number of H-pyrrole nitrogens is 1. The molecule has 1 aromatic heterocycles. The molecule has 0 aliphatic carbocycles. The van der Waals surface area contributed by atoms with Crippen molar-refractivity contribution in [1.82, 2.24) is 9.97 Å². The highest BCUT2D eigenvalue weighted by molar-refractivity contribution is 7.99. The number of carbonyl (C=O) groups is 1. The maximum atomic E-state index is 12.1. The number of fused-ring (bicyclic) bond motifs is 1. The van der Waals surface area contributed by atoms with Crippen LogP contribution in [0.1, 0.15) is 12.5 Å². The number of benzene rings is 2. The van der Waals surface area contributed by atoms with Crippen LogP contribution in [-0.4, -0.2) is 28.2 Å². The average molecular weight is 387 g/mol. The molecule has 2 N–H and O–H groups in total. The Bertz CT molecular complexity index is 997. The van der Waals surface area contributed by atoms with Gasteiger partial charge in [0.05, 0.1) is 34.0 Å². The molecule has 8 heteroatoms. The van der Waals surface area contributed by atoms with E-state index in [0.29, 0.717) is 28.0 Å². The minimum Gasteiger partial charge on any atom is -0.494 e. The van der Waals surface area contributed by atoms with Crippen LogP contribution in [0.5, 0.6) is 5.75 Å². The second-order valence-corrected chi connectivity index (χ2v) is 6.67. The normalized spacial score (nSPS) is 10.5. The summed E-state index contributed by atoms with van der Waals surface area (Å²) in [6.45, 7) is 2.53. The summed E-state index contributed by atoms with van der Waals surface area (Å²) in [7, 11) is 0. The Kier molecular flexibility index (Phi) is 5.66. The number of amides is 1. The molecule has 0 aliphatic heterocycles. The molecule has 2 aromatic carbocycles. The van der Waals surface area contributed by atoms with Gasteiger partial charge in [-0.3, -0.25) is 4.79 Å². The van der Waals surface area contributed by atoms with Gasteiger partial charge >= 0.3 is 0 Å². The van der Waals surface area contributed by atoms with Crippen LogP contribution >= 0.6 is 23.4 Å². The number of rotatable bonds is 6. The number of ether oxygens (including phenoxy) is 1. The van der Waals surface area contributed by atoms with E-state index in [0.717, 1.165) is 16.8 Å². The maximum absolute atomic E-state index is 12.1. The second-order valence-electron chi connectivity index (χ2n) is 5.30. The van der Waals surface area contributed by atoms with Gasteiger partial charge in [0.25, 0.3) is 0 Å². The van der Waals surface area contributed by atoms with Crippen LogP contribution in [0, 0.1) is 11.3 Å². The standard InChI is InChI=1S/C18H15ClN4O2S/c1-2-25-13-5-6-15-16(8-13)23-18(22-15)26-10-17(24)21-12-4-3-11(9-20)14(19)7-12/h3-8H,2,10H2,1H3,(H,21,24)(H,22,23). The number of aromatic nitrogens is 2. The number of imidazole rings is 1.